The molecule has 0 bridgehead atoms. The number of hydrogen-bond donors (Lipinski definition) is 2. The molecule has 20 heavy (non-hydrogen) atoms. The third kappa shape index (κ3) is 4.11. The molecule has 0 saturated carbocycles. The number of nitrogens with zero attached hydrogens (tertiary/aromatic N) is 2. The van der Waals surface area contributed by atoms with Crippen LogP contribution in [0, 0.1) is 0 Å². The van der Waals surface area contributed by atoms with Crippen LogP contribution < -0.4 is 5.73 Å². The molecule has 0 aromatic heterocycles. The highest BCUT2D eigenvalue weighted by atomic mass is 16.4. The maximum atomic E-state index is 12.5. The summed E-state index contributed by atoms with van der Waals surface area (Å²) >= 11 is 0. The maximum Gasteiger partial charge on any atom is 0.326 e. The molecule has 3 amide bonds. The number of rotatable bonds is 4. The summed E-state index contributed by atoms with van der Waals surface area (Å²) in [5.74, 6) is -1.60. The van der Waals surface area contributed by atoms with E-state index in [4.69, 9.17) is 5.73 Å². The zero-order valence-electron chi connectivity index (χ0n) is 12.0. The van der Waals surface area contributed by atoms with Gasteiger partial charge in [0.25, 0.3) is 0 Å². The van der Waals surface area contributed by atoms with Crippen molar-refractivity contribution in [2.75, 3.05) is 13.1 Å². The van der Waals surface area contributed by atoms with Gasteiger partial charge in [0.15, 0.2) is 0 Å². The van der Waals surface area contributed by atoms with Crippen molar-refractivity contribution in [3.63, 3.8) is 0 Å². The van der Waals surface area contributed by atoms with Crippen molar-refractivity contribution in [2.45, 2.75) is 51.6 Å². The quantitative estimate of drug-likeness (QED) is 0.790. The van der Waals surface area contributed by atoms with Gasteiger partial charge in [-0.05, 0) is 26.7 Å². The topological polar surface area (TPSA) is 104 Å². The molecule has 1 rings (SSSR count). The Balaban J connectivity index is 2.93. The van der Waals surface area contributed by atoms with Crippen molar-refractivity contribution >= 4 is 17.9 Å². The van der Waals surface area contributed by atoms with Gasteiger partial charge in [-0.3, -0.25) is 4.79 Å². The van der Waals surface area contributed by atoms with Gasteiger partial charge in [0, 0.05) is 12.6 Å². The van der Waals surface area contributed by atoms with Gasteiger partial charge in [-0.1, -0.05) is 12.8 Å². The van der Waals surface area contributed by atoms with E-state index in [1.807, 2.05) is 0 Å². The molecular formula is C13H23N3O4. The Labute approximate surface area is 118 Å². The molecule has 7 heteroatoms. The largest absolute Gasteiger partial charge is 0.480 e. The minimum atomic E-state index is -0.997. The van der Waals surface area contributed by atoms with E-state index in [1.54, 1.807) is 13.8 Å². The number of aliphatic carboxylic acids is 1. The van der Waals surface area contributed by atoms with Gasteiger partial charge in [0.1, 0.15) is 12.6 Å². The third-order valence-electron chi connectivity index (χ3n) is 3.48. The first-order valence-electron chi connectivity index (χ1n) is 6.93. The summed E-state index contributed by atoms with van der Waals surface area (Å²) in [4.78, 5) is 37.6. The molecule has 1 aliphatic rings. The molecule has 1 fully saturated rings. The number of primary amides is 1. The highest BCUT2D eigenvalue weighted by molar-refractivity contribution is 5.86. The second-order valence-electron chi connectivity index (χ2n) is 5.37. The van der Waals surface area contributed by atoms with Gasteiger partial charge >= 0.3 is 12.0 Å². The van der Waals surface area contributed by atoms with Crippen molar-refractivity contribution in [2.24, 2.45) is 5.73 Å². The summed E-state index contributed by atoms with van der Waals surface area (Å²) in [6.07, 6.45) is 2.92. The van der Waals surface area contributed by atoms with E-state index < -0.39 is 23.9 Å². The van der Waals surface area contributed by atoms with Crippen LogP contribution in [-0.2, 0) is 9.59 Å². The Bertz CT molecular complexity index is 384. The van der Waals surface area contributed by atoms with Crippen LogP contribution in [0.3, 0.4) is 0 Å². The molecule has 1 heterocycles. The smallest absolute Gasteiger partial charge is 0.326 e. The number of hydrogen-bond acceptors (Lipinski definition) is 3. The number of urea groups is 1. The average Bonchev–Trinajstić information content (AvgIpc) is 2.59. The molecule has 0 aliphatic carbocycles. The number of carbonyl (C=O) groups is 3. The molecule has 1 saturated heterocycles. The highest BCUT2D eigenvalue weighted by Crippen LogP contribution is 2.19. The van der Waals surface area contributed by atoms with Crippen LogP contribution in [0.1, 0.15) is 39.5 Å². The predicted octanol–water partition coefficient (Wildman–Crippen LogP) is 0.631. The minimum absolute atomic E-state index is 0.195. The van der Waals surface area contributed by atoms with E-state index in [0.717, 1.165) is 19.3 Å². The number of carbonyl (C=O) groups excluding carboxylic acids is 2. The Kier molecular flexibility index (Phi) is 5.79. The lowest BCUT2D eigenvalue weighted by atomic mass is 10.1. The lowest BCUT2D eigenvalue weighted by Gasteiger charge is -2.34. The van der Waals surface area contributed by atoms with Crippen molar-refractivity contribution in [3.8, 4) is 0 Å². The summed E-state index contributed by atoms with van der Waals surface area (Å²) < 4.78 is 0. The van der Waals surface area contributed by atoms with Gasteiger partial charge in [0.2, 0.25) is 5.91 Å². The second kappa shape index (κ2) is 7.12. The van der Waals surface area contributed by atoms with E-state index in [0.29, 0.717) is 13.0 Å². The molecule has 3 N–H and O–H groups in total. The van der Waals surface area contributed by atoms with Crippen molar-refractivity contribution in [1.29, 1.82) is 0 Å². The van der Waals surface area contributed by atoms with Crippen LogP contribution in [0.5, 0.6) is 0 Å². The maximum absolute atomic E-state index is 12.5. The number of nitrogens with two attached hydrogens (primary N) is 1. The highest BCUT2D eigenvalue weighted by Gasteiger charge is 2.34. The Morgan fingerprint density at radius 2 is 1.95 bits per heavy atom. The van der Waals surface area contributed by atoms with Gasteiger partial charge < -0.3 is 20.6 Å². The van der Waals surface area contributed by atoms with Gasteiger partial charge in [-0.15, -0.1) is 0 Å². The molecule has 0 radical (unpaired) electrons. The first-order chi connectivity index (χ1) is 9.34. The molecule has 1 atom stereocenters. The fourth-order valence-corrected chi connectivity index (χ4v) is 2.40. The van der Waals surface area contributed by atoms with E-state index in [1.165, 1.54) is 9.80 Å². The first kappa shape index (κ1) is 16.3. The van der Waals surface area contributed by atoms with Gasteiger partial charge in [0.05, 0.1) is 0 Å². The van der Waals surface area contributed by atoms with Crippen molar-refractivity contribution in [1.82, 2.24) is 9.80 Å². The van der Waals surface area contributed by atoms with Gasteiger partial charge in [-0.2, -0.15) is 0 Å². The Morgan fingerprint density at radius 1 is 1.30 bits per heavy atom. The zero-order valence-corrected chi connectivity index (χ0v) is 12.0. The SMILES string of the molecule is CC(C)N(CC(N)=O)C(=O)N1CCCCCC1C(=O)O. The van der Waals surface area contributed by atoms with Crippen LogP contribution in [-0.4, -0.2) is 58.0 Å². The summed E-state index contributed by atoms with van der Waals surface area (Å²) in [5.41, 5.74) is 5.16. The van der Waals surface area contributed by atoms with Crippen LogP contribution in [0.15, 0.2) is 0 Å². The van der Waals surface area contributed by atoms with Crippen LogP contribution in [0.25, 0.3) is 0 Å². The summed E-state index contributed by atoms with van der Waals surface area (Å²) in [5, 5.41) is 9.28. The van der Waals surface area contributed by atoms with Crippen LogP contribution in [0.4, 0.5) is 4.79 Å². The molecule has 0 aromatic rings. The monoisotopic (exact) mass is 285 g/mol. The van der Waals surface area contributed by atoms with Crippen LogP contribution >= 0.6 is 0 Å². The second-order valence-corrected chi connectivity index (χ2v) is 5.37. The number of carboxylic acids is 1. The molecule has 1 aliphatic heterocycles. The molecule has 0 spiro atoms. The molecule has 0 aromatic carbocycles. The van der Waals surface area contributed by atoms with Crippen molar-refractivity contribution < 1.29 is 19.5 Å². The fourth-order valence-electron chi connectivity index (χ4n) is 2.40. The Morgan fingerprint density at radius 3 is 2.45 bits per heavy atom. The van der Waals surface area contributed by atoms with E-state index >= 15 is 0 Å². The number of likely N-dealkylation sites (tertiary alicyclic amines) is 1. The summed E-state index contributed by atoms with van der Waals surface area (Å²) in [7, 11) is 0. The normalized spacial score (nSPS) is 19.6. The minimum Gasteiger partial charge on any atom is -0.480 e. The Hall–Kier alpha value is -1.79. The molecule has 1 unspecified atom stereocenters. The summed E-state index contributed by atoms with van der Waals surface area (Å²) in [6, 6.07) is -1.46. The number of amides is 3. The van der Waals surface area contributed by atoms with Crippen molar-refractivity contribution in [3.05, 3.63) is 0 Å². The summed E-state index contributed by atoms with van der Waals surface area (Å²) in [6.45, 7) is 3.75. The zero-order chi connectivity index (χ0) is 15.3. The average molecular weight is 285 g/mol. The van der Waals surface area contributed by atoms with E-state index in [-0.39, 0.29) is 12.6 Å². The predicted molar refractivity (Wildman–Crippen MR) is 73.0 cm³/mol. The molecule has 7 nitrogen and oxygen atoms in total. The molecule has 114 valence electrons. The lowest BCUT2D eigenvalue weighted by molar-refractivity contribution is -0.142. The van der Waals surface area contributed by atoms with E-state index in [2.05, 4.69) is 0 Å². The van der Waals surface area contributed by atoms with E-state index in [9.17, 15) is 19.5 Å². The standard InChI is InChI=1S/C13H23N3O4/c1-9(2)16(8-11(14)17)13(20)15-7-5-3-4-6-10(15)12(18)19/h9-10H,3-8H2,1-2H3,(H2,14,17)(H,18,19). The third-order valence-corrected chi connectivity index (χ3v) is 3.48. The van der Waals surface area contributed by atoms with Gasteiger partial charge in [-0.25, -0.2) is 9.59 Å². The lowest BCUT2D eigenvalue weighted by Crippen LogP contribution is -2.54. The fraction of sp³-hybridized carbons (Fsp3) is 0.769. The van der Waals surface area contributed by atoms with Crippen LogP contribution in [0.2, 0.25) is 0 Å². The number of carboxylic acid groups (broad SMARTS) is 1. The molecular weight excluding hydrogens is 262 g/mol. The first-order valence-corrected chi connectivity index (χ1v) is 6.93.